The van der Waals surface area contributed by atoms with Gasteiger partial charge in [0.25, 0.3) is 7.52 Å². The molecule has 1 aromatic carbocycles. The highest BCUT2D eigenvalue weighted by molar-refractivity contribution is 7.56. The Morgan fingerprint density at radius 1 is 1.35 bits per heavy atom. The summed E-state index contributed by atoms with van der Waals surface area (Å²) in [6.07, 6.45) is 0.874. The minimum Gasteiger partial charge on any atom is -0.460 e. The minimum absolute atomic E-state index is 0.0517. The van der Waals surface area contributed by atoms with Crippen LogP contribution in [0.25, 0.3) is 11.2 Å². The molecule has 1 fully saturated rings. The highest BCUT2D eigenvalue weighted by Gasteiger charge is 2.37. The topological polar surface area (TPSA) is 164 Å². The fraction of sp³-hybridized carbons (Fsp3) is 0.429. The molecule has 0 spiro atoms. The van der Waals surface area contributed by atoms with Gasteiger partial charge in [0.1, 0.15) is 30.6 Å². The van der Waals surface area contributed by atoms with Gasteiger partial charge < -0.3 is 24.8 Å². The smallest absolute Gasteiger partial charge is 0.323 e. The number of imidazole rings is 1. The number of benzene rings is 1. The molecule has 0 amide bonds. The molecule has 2 aromatic heterocycles. The van der Waals surface area contributed by atoms with Gasteiger partial charge in [0.2, 0.25) is 0 Å². The number of fused-ring (bicyclic) bond motifs is 1. The number of hydrogen-bond acceptors (Lipinski definition) is 10. The van der Waals surface area contributed by atoms with Crippen molar-refractivity contribution in [1.82, 2.24) is 24.6 Å². The van der Waals surface area contributed by atoms with Crippen LogP contribution >= 0.6 is 7.52 Å². The number of aromatic nitrogens is 4. The van der Waals surface area contributed by atoms with E-state index in [1.54, 1.807) is 11.5 Å². The summed E-state index contributed by atoms with van der Waals surface area (Å²) < 4.78 is 31.2. The quantitative estimate of drug-likeness (QED) is 0.295. The number of carbonyl (C=O) groups is 1. The van der Waals surface area contributed by atoms with E-state index in [-0.39, 0.29) is 25.5 Å². The first-order valence-electron chi connectivity index (χ1n) is 10.7. The van der Waals surface area contributed by atoms with Crippen LogP contribution in [-0.2, 0) is 30.0 Å². The molecule has 3 aromatic rings. The maximum Gasteiger partial charge on any atom is 0.323 e. The monoisotopic (exact) mass is 490 g/mol. The van der Waals surface area contributed by atoms with Crippen LogP contribution in [0.3, 0.4) is 0 Å². The van der Waals surface area contributed by atoms with E-state index in [0.717, 1.165) is 5.56 Å². The van der Waals surface area contributed by atoms with E-state index in [9.17, 15) is 14.5 Å². The van der Waals surface area contributed by atoms with Crippen LogP contribution in [0.4, 0.5) is 5.82 Å². The molecule has 3 heterocycles. The number of nitrogens with one attached hydrogen (secondary N) is 1. The van der Waals surface area contributed by atoms with E-state index in [4.69, 9.17) is 19.7 Å². The maximum atomic E-state index is 12.9. The zero-order chi connectivity index (χ0) is 24.3. The Hall–Kier alpha value is -2.89. The number of rotatable bonds is 9. The lowest BCUT2D eigenvalue weighted by Gasteiger charge is -2.21. The predicted octanol–water partition coefficient (Wildman–Crippen LogP) is 1.62. The van der Waals surface area contributed by atoms with Crippen molar-refractivity contribution in [2.45, 2.75) is 44.4 Å². The van der Waals surface area contributed by atoms with Crippen LogP contribution < -0.4 is 10.8 Å². The van der Waals surface area contributed by atoms with Crippen molar-refractivity contribution >= 4 is 30.5 Å². The Morgan fingerprint density at radius 2 is 2.12 bits per heavy atom. The standard InChI is InChI=1S/C21H27N6O6P/c1-13(21(29)31-9-14-6-4-3-5-7-14)26-34(2,30)32-10-15-8-16(28)20(33-15)27-12-25-17-18(22)23-11-24-19(17)27/h3-7,11-13,15-16,20,28H,8-10H2,1-2H3,(H,26,30)(H2,22,23,24)/t13-,15-,16+,20+,34-/m0/s1. The van der Waals surface area contributed by atoms with Crippen molar-refractivity contribution in [1.29, 1.82) is 0 Å². The number of nitrogens with zero attached hydrogens (tertiary/aromatic N) is 4. The highest BCUT2D eigenvalue weighted by atomic mass is 31.2. The Bertz CT molecular complexity index is 1190. The van der Waals surface area contributed by atoms with Gasteiger partial charge in [-0.2, -0.15) is 0 Å². The molecule has 0 radical (unpaired) electrons. The molecular weight excluding hydrogens is 463 g/mol. The lowest BCUT2D eigenvalue weighted by atomic mass is 10.2. The van der Waals surface area contributed by atoms with Gasteiger partial charge in [-0.15, -0.1) is 0 Å². The highest BCUT2D eigenvalue weighted by Crippen LogP contribution is 2.40. The summed E-state index contributed by atoms with van der Waals surface area (Å²) in [5.41, 5.74) is 7.51. The van der Waals surface area contributed by atoms with Gasteiger partial charge >= 0.3 is 5.97 Å². The van der Waals surface area contributed by atoms with Gasteiger partial charge in [0.15, 0.2) is 17.7 Å². The number of anilines is 1. The number of aliphatic hydroxyl groups excluding tert-OH is 1. The van der Waals surface area contributed by atoms with Crippen LogP contribution in [0.5, 0.6) is 0 Å². The number of ether oxygens (including phenoxy) is 2. The van der Waals surface area contributed by atoms with E-state index < -0.39 is 38.0 Å². The van der Waals surface area contributed by atoms with Crippen molar-refractivity contribution in [2.75, 3.05) is 19.0 Å². The van der Waals surface area contributed by atoms with Crippen molar-refractivity contribution < 1.29 is 28.5 Å². The second-order valence-electron chi connectivity index (χ2n) is 8.12. The van der Waals surface area contributed by atoms with Gasteiger partial charge in [0.05, 0.1) is 19.0 Å². The summed E-state index contributed by atoms with van der Waals surface area (Å²) in [6.45, 7) is 3.00. The maximum absolute atomic E-state index is 12.9. The summed E-state index contributed by atoms with van der Waals surface area (Å²) in [6, 6.07) is 8.42. The Balaban J connectivity index is 1.29. The summed E-state index contributed by atoms with van der Waals surface area (Å²) in [5, 5.41) is 13.2. The van der Waals surface area contributed by atoms with Gasteiger partial charge in [-0.05, 0) is 12.5 Å². The molecule has 5 atom stereocenters. The van der Waals surface area contributed by atoms with Crippen LogP contribution in [0.15, 0.2) is 43.0 Å². The average molecular weight is 490 g/mol. The molecule has 182 valence electrons. The molecule has 0 saturated carbocycles. The van der Waals surface area contributed by atoms with Crippen molar-refractivity contribution in [3.8, 4) is 0 Å². The normalized spacial score (nSPS) is 23.0. The third-order valence-electron chi connectivity index (χ3n) is 5.34. The first kappa shape index (κ1) is 24.2. The number of hydrogen-bond donors (Lipinski definition) is 3. The molecule has 1 aliphatic heterocycles. The molecule has 1 aliphatic rings. The average Bonchev–Trinajstić information content (AvgIpc) is 3.40. The Morgan fingerprint density at radius 3 is 2.88 bits per heavy atom. The molecular formula is C21H27N6O6P. The van der Waals surface area contributed by atoms with E-state index in [0.29, 0.717) is 11.2 Å². The number of carbonyl (C=O) groups excluding carboxylic acids is 1. The molecule has 1 saturated heterocycles. The number of aliphatic hydroxyl groups is 1. The Kier molecular flexibility index (Phi) is 7.24. The van der Waals surface area contributed by atoms with E-state index in [1.165, 1.54) is 19.3 Å². The number of nitrogens with two attached hydrogens (primary N) is 1. The van der Waals surface area contributed by atoms with Crippen molar-refractivity contribution in [3.05, 3.63) is 48.5 Å². The Labute approximate surface area is 196 Å². The molecule has 13 heteroatoms. The van der Waals surface area contributed by atoms with Crippen molar-refractivity contribution in [2.24, 2.45) is 0 Å². The van der Waals surface area contributed by atoms with Crippen molar-refractivity contribution in [3.63, 3.8) is 0 Å². The lowest BCUT2D eigenvalue weighted by molar-refractivity contribution is -0.146. The molecule has 34 heavy (non-hydrogen) atoms. The molecule has 0 aliphatic carbocycles. The number of esters is 1. The fourth-order valence-corrected chi connectivity index (χ4v) is 5.00. The van der Waals surface area contributed by atoms with Gasteiger partial charge in [-0.3, -0.25) is 13.9 Å². The summed E-state index contributed by atoms with van der Waals surface area (Å²) in [5.74, 6) is -0.319. The lowest BCUT2D eigenvalue weighted by Crippen LogP contribution is -2.34. The second kappa shape index (κ2) is 10.2. The van der Waals surface area contributed by atoms with E-state index in [1.807, 2.05) is 30.3 Å². The third-order valence-corrected chi connectivity index (χ3v) is 6.84. The zero-order valence-corrected chi connectivity index (χ0v) is 19.7. The largest absolute Gasteiger partial charge is 0.460 e. The second-order valence-corrected chi connectivity index (χ2v) is 10.3. The predicted molar refractivity (Wildman–Crippen MR) is 123 cm³/mol. The summed E-state index contributed by atoms with van der Waals surface area (Å²) in [4.78, 5) is 24.5. The summed E-state index contributed by atoms with van der Waals surface area (Å²) >= 11 is 0. The zero-order valence-electron chi connectivity index (χ0n) is 18.8. The molecule has 4 N–H and O–H groups in total. The first-order chi connectivity index (χ1) is 16.2. The van der Waals surface area contributed by atoms with E-state index >= 15 is 0 Å². The minimum atomic E-state index is -3.36. The van der Waals surface area contributed by atoms with Crippen LogP contribution in [-0.4, -0.2) is 62.1 Å². The van der Waals surface area contributed by atoms with Crippen LogP contribution in [0.2, 0.25) is 0 Å². The van der Waals surface area contributed by atoms with E-state index in [2.05, 4.69) is 20.0 Å². The molecule has 0 unspecified atom stereocenters. The SMILES string of the molecule is C[C@H](N[P@@](C)(=O)OC[C@@H]1C[C@@H](O)[C@H](n2cnc3c(N)ncnc32)O1)C(=O)OCc1ccccc1. The first-order valence-corrected chi connectivity index (χ1v) is 12.8. The van der Waals surface area contributed by atoms with Gasteiger partial charge in [-0.25, -0.2) is 20.0 Å². The van der Waals surface area contributed by atoms with Crippen LogP contribution in [0, 0.1) is 0 Å². The van der Waals surface area contributed by atoms with Crippen LogP contribution in [0.1, 0.15) is 25.1 Å². The molecule has 4 rings (SSSR count). The third kappa shape index (κ3) is 5.60. The van der Waals surface area contributed by atoms with Gasteiger partial charge in [-0.1, -0.05) is 30.3 Å². The van der Waals surface area contributed by atoms with Gasteiger partial charge in [0, 0.05) is 13.1 Å². The molecule has 12 nitrogen and oxygen atoms in total. The summed E-state index contributed by atoms with van der Waals surface area (Å²) in [7, 11) is -3.36. The fourth-order valence-electron chi connectivity index (χ4n) is 3.66. The number of nitrogen functional groups attached to an aromatic ring is 1. The molecule has 0 bridgehead atoms.